The van der Waals surface area contributed by atoms with E-state index in [4.69, 9.17) is 4.74 Å². The van der Waals surface area contributed by atoms with E-state index in [1.165, 1.54) is 18.2 Å². The van der Waals surface area contributed by atoms with Crippen molar-refractivity contribution in [2.45, 2.75) is 6.18 Å². The summed E-state index contributed by atoms with van der Waals surface area (Å²) in [5.74, 6) is -0.127. The lowest BCUT2D eigenvalue weighted by molar-refractivity contribution is -0.138. The average molecular weight is 289 g/mol. The van der Waals surface area contributed by atoms with Gasteiger partial charge in [0.05, 0.1) is 11.1 Å². The molecule has 0 aliphatic heterocycles. The zero-order valence-electron chi connectivity index (χ0n) is 10.8. The number of pyridine rings is 1. The molecule has 0 unspecified atom stereocenters. The Morgan fingerprint density at radius 3 is 2.33 bits per heavy atom. The van der Waals surface area contributed by atoms with Crippen molar-refractivity contribution in [3.8, 4) is 11.6 Å². The molecule has 0 saturated heterocycles. The first kappa shape index (κ1) is 13.4. The van der Waals surface area contributed by atoms with Crippen LogP contribution in [0.3, 0.4) is 0 Å². The summed E-state index contributed by atoms with van der Waals surface area (Å²) in [5.41, 5.74) is -0.153. The Balaban J connectivity index is 1.99. The maximum absolute atomic E-state index is 12.9. The zero-order chi connectivity index (χ0) is 14.9. The SMILES string of the molecule is FC(F)(F)c1ccccc1Oc1ccc2ccccc2n1. The number of hydrogen-bond acceptors (Lipinski definition) is 2. The Kier molecular flexibility index (Phi) is 3.25. The van der Waals surface area contributed by atoms with Gasteiger partial charge in [0.2, 0.25) is 5.88 Å². The van der Waals surface area contributed by atoms with Gasteiger partial charge in [-0.1, -0.05) is 30.3 Å². The minimum atomic E-state index is -4.46. The first-order valence-electron chi connectivity index (χ1n) is 6.24. The van der Waals surface area contributed by atoms with Crippen molar-refractivity contribution in [1.82, 2.24) is 4.98 Å². The first-order valence-corrected chi connectivity index (χ1v) is 6.24. The second kappa shape index (κ2) is 5.09. The van der Waals surface area contributed by atoms with Crippen LogP contribution in [0.1, 0.15) is 5.56 Å². The highest BCUT2D eigenvalue weighted by Gasteiger charge is 2.34. The van der Waals surface area contributed by atoms with Crippen LogP contribution in [0.15, 0.2) is 60.7 Å². The Morgan fingerprint density at radius 1 is 0.810 bits per heavy atom. The van der Waals surface area contributed by atoms with Crippen LogP contribution in [0.4, 0.5) is 13.2 Å². The highest BCUT2D eigenvalue weighted by molar-refractivity contribution is 5.78. The van der Waals surface area contributed by atoms with E-state index in [0.29, 0.717) is 5.52 Å². The van der Waals surface area contributed by atoms with E-state index < -0.39 is 11.7 Å². The molecule has 0 radical (unpaired) electrons. The van der Waals surface area contributed by atoms with E-state index in [0.717, 1.165) is 11.5 Å². The summed E-state index contributed by atoms with van der Waals surface area (Å²) in [4.78, 5) is 4.20. The normalized spacial score (nSPS) is 11.6. The van der Waals surface area contributed by atoms with E-state index >= 15 is 0 Å². The van der Waals surface area contributed by atoms with Gasteiger partial charge in [-0.15, -0.1) is 0 Å². The van der Waals surface area contributed by atoms with Crippen molar-refractivity contribution in [2.75, 3.05) is 0 Å². The quantitative estimate of drug-likeness (QED) is 0.659. The van der Waals surface area contributed by atoms with Crippen molar-refractivity contribution < 1.29 is 17.9 Å². The van der Waals surface area contributed by atoms with Gasteiger partial charge in [0.25, 0.3) is 0 Å². The lowest BCUT2D eigenvalue weighted by Crippen LogP contribution is -2.07. The molecule has 5 heteroatoms. The maximum Gasteiger partial charge on any atom is 0.419 e. The van der Waals surface area contributed by atoms with E-state index in [1.54, 1.807) is 18.2 Å². The first-order chi connectivity index (χ1) is 10.0. The Labute approximate surface area is 118 Å². The third kappa shape index (κ3) is 2.81. The molecule has 0 bridgehead atoms. The molecule has 0 saturated carbocycles. The molecule has 1 heterocycles. The maximum atomic E-state index is 12.9. The summed E-state index contributed by atoms with van der Waals surface area (Å²) in [6.07, 6.45) is -4.46. The highest BCUT2D eigenvalue weighted by Crippen LogP contribution is 2.37. The van der Waals surface area contributed by atoms with E-state index in [9.17, 15) is 13.2 Å². The number of benzene rings is 2. The molecule has 21 heavy (non-hydrogen) atoms. The number of nitrogens with zero attached hydrogens (tertiary/aromatic N) is 1. The molecule has 3 aromatic rings. The Bertz CT molecular complexity index is 784. The number of alkyl halides is 3. The number of aromatic nitrogens is 1. The highest BCUT2D eigenvalue weighted by atomic mass is 19.4. The van der Waals surface area contributed by atoms with Gasteiger partial charge in [-0.05, 0) is 24.3 Å². The summed E-state index contributed by atoms with van der Waals surface area (Å²) in [6.45, 7) is 0. The van der Waals surface area contributed by atoms with Crippen LogP contribution >= 0.6 is 0 Å². The molecule has 2 nitrogen and oxygen atoms in total. The molecule has 106 valence electrons. The van der Waals surface area contributed by atoms with Crippen LogP contribution in [0, 0.1) is 0 Å². The molecule has 0 amide bonds. The summed E-state index contributed by atoms with van der Waals surface area (Å²) in [7, 11) is 0. The molecular weight excluding hydrogens is 279 g/mol. The third-order valence-corrected chi connectivity index (χ3v) is 2.98. The van der Waals surface area contributed by atoms with Crippen molar-refractivity contribution in [3.05, 3.63) is 66.2 Å². The second-order valence-corrected chi connectivity index (χ2v) is 4.44. The average Bonchev–Trinajstić information content (AvgIpc) is 2.46. The van der Waals surface area contributed by atoms with Crippen molar-refractivity contribution in [1.29, 1.82) is 0 Å². The lowest BCUT2D eigenvalue weighted by Gasteiger charge is -2.13. The fourth-order valence-electron chi connectivity index (χ4n) is 2.01. The van der Waals surface area contributed by atoms with Crippen molar-refractivity contribution in [2.24, 2.45) is 0 Å². The molecule has 0 aliphatic carbocycles. The summed E-state index contributed by atoms with van der Waals surface area (Å²) < 4.78 is 44.0. The van der Waals surface area contributed by atoms with Crippen LogP contribution in [-0.4, -0.2) is 4.98 Å². The van der Waals surface area contributed by atoms with Gasteiger partial charge in [-0.25, -0.2) is 4.98 Å². The molecule has 0 atom stereocenters. The number of ether oxygens (including phenoxy) is 1. The molecule has 0 fully saturated rings. The summed E-state index contributed by atoms with van der Waals surface area (Å²) in [6, 6.07) is 15.7. The smallest absolute Gasteiger partial charge is 0.419 e. The molecular formula is C16H10F3NO. The van der Waals surface area contributed by atoms with Gasteiger partial charge >= 0.3 is 6.18 Å². The topological polar surface area (TPSA) is 22.1 Å². The predicted octanol–water partition coefficient (Wildman–Crippen LogP) is 5.05. The lowest BCUT2D eigenvalue weighted by atomic mass is 10.2. The molecule has 3 rings (SSSR count). The summed E-state index contributed by atoms with van der Waals surface area (Å²) in [5, 5.41) is 0.897. The van der Waals surface area contributed by atoms with Crippen LogP contribution in [-0.2, 0) is 6.18 Å². The fourth-order valence-corrected chi connectivity index (χ4v) is 2.01. The molecule has 0 spiro atoms. The van der Waals surface area contributed by atoms with Gasteiger partial charge < -0.3 is 4.74 Å². The minimum absolute atomic E-state index is 0.130. The number of halogens is 3. The molecule has 2 aromatic carbocycles. The predicted molar refractivity (Wildman–Crippen MR) is 73.3 cm³/mol. The van der Waals surface area contributed by atoms with Gasteiger partial charge in [0.15, 0.2) is 0 Å². The molecule has 0 aliphatic rings. The minimum Gasteiger partial charge on any atom is -0.438 e. The Hall–Kier alpha value is -2.56. The van der Waals surface area contributed by atoms with E-state index in [1.807, 2.05) is 18.2 Å². The number of rotatable bonds is 2. The Morgan fingerprint density at radius 2 is 1.52 bits per heavy atom. The summed E-state index contributed by atoms with van der Waals surface area (Å²) >= 11 is 0. The second-order valence-electron chi connectivity index (χ2n) is 4.44. The zero-order valence-corrected chi connectivity index (χ0v) is 10.8. The van der Waals surface area contributed by atoms with Gasteiger partial charge in [0, 0.05) is 11.5 Å². The van der Waals surface area contributed by atoms with E-state index in [-0.39, 0.29) is 11.6 Å². The monoisotopic (exact) mass is 289 g/mol. The number of hydrogen-bond donors (Lipinski definition) is 0. The van der Waals surface area contributed by atoms with Gasteiger partial charge in [-0.2, -0.15) is 13.2 Å². The largest absolute Gasteiger partial charge is 0.438 e. The van der Waals surface area contributed by atoms with Crippen molar-refractivity contribution in [3.63, 3.8) is 0 Å². The van der Waals surface area contributed by atoms with E-state index in [2.05, 4.69) is 4.98 Å². The fraction of sp³-hybridized carbons (Fsp3) is 0.0625. The van der Waals surface area contributed by atoms with Gasteiger partial charge in [0.1, 0.15) is 5.75 Å². The molecule has 1 aromatic heterocycles. The van der Waals surface area contributed by atoms with Crippen LogP contribution in [0.5, 0.6) is 11.6 Å². The molecule has 0 N–H and O–H groups in total. The number of fused-ring (bicyclic) bond motifs is 1. The van der Waals surface area contributed by atoms with Crippen molar-refractivity contribution >= 4 is 10.9 Å². The van der Waals surface area contributed by atoms with Crippen LogP contribution in [0.2, 0.25) is 0 Å². The third-order valence-electron chi connectivity index (χ3n) is 2.98. The number of para-hydroxylation sites is 2. The van der Waals surface area contributed by atoms with Crippen LogP contribution in [0.25, 0.3) is 10.9 Å². The van der Waals surface area contributed by atoms with Crippen LogP contribution < -0.4 is 4.74 Å². The van der Waals surface area contributed by atoms with Gasteiger partial charge in [-0.3, -0.25) is 0 Å². The standard InChI is InChI=1S/C16H10F3NO/c17-16(18,19)12-6-2-4-8-14(12)21-15-10-9-11-5-1-3-7-13(11)20-15/h1-10H.